The molecule has 0 radical (unpaired) electrons. The molecule has 92 heavy (non-hydrogen) atoms. The van der Waals surface area contributed by atoms with Crippen molar-refractivity contribution in [2.75, 3.05) is 146 Å². The average molecular weight is 1350 g/mol. The van der Waals surface area contributed by atoms with Crippen LogP contribution in [0.2, 0.25) is 0 Å². The van der Waals surface area contributed by atoms with Crippen LogP contribution in [0.1, 0.15) is 41.5 Å². The molecular weight excluding hydrogens is 1270 g/mol. The lowest BCUT2D eigenvalue weighted by Crippen LogP contribution is -2.47. The number of hydrogen-bond acceptors (Lipinski definition) is 24. The Balaban J connectivity index is 0.000000178. The zero-order chi connectivity index (χ0) is 67.5. The van der Waals surface area contributed by atoms with Gasteiger partial charge < -0.3 is 67.0 Å². The first-order valence-electron chi connectivity index (χ1n) is 28.6. The molecule has 10 rings (SSSR count). The van der Waals surface area contributed by atoms with E-state index in [2.05, 4.69) is 61.8 Å². The van der Waals surface area contributed by atoms with Gasteiger partial charge in [-0.15, -0.1) is 11.6 Å². The third kappa shape index (κ3) is 16.2. The number of halogens is 1. The fourth-order valence-corrected chi connectivity index (χ4v) is 11.8. The molecule has 7 heterocycles. The van der Waals surface area contributed by atoms with Crippen molar-refractivity contribution in [3.05, 3.63) is 73.2 Å². The second kappa shape index (κ2) is 27.6. The number of benzene rings is 3. The standard InChI is InChI=1S/C20H26ClN7O4S.C20H25N7O4S.C17H22N6O3S/c1-12(2)28-11-17(29)27(3)16-10-23-19(26-18(16)28)24-13-7-14(25-20(30)22-6-5-21)9-15(8-13)33(4,31)32;1-12(2)27-11-17(28)25(3)16-10-22-19(24-18(16)27)23-13-7-14(26-6-5-21-20(26)29)9-15(8-13)32(4,30)31;1-10(2)23-9-15(24)22(3)14-8-19-17(21-16(14)23)20-12-5-11(18)6-13(7-12)27(4,25)26/h7-10,12H,5-6,11H2,1-4H3,(H2,22,25,30)(H,23,24,26);7-10,12H,5-6,11H2,1-4H3,(H,21,29)(H,22,23,24);5-8,10H,9,18H2,1-4H3,(H,19,20,21). The smallest absolute Gasteiger partial charge is 0.321 e. The van der Waals surface area contributed by atoms with Crippen LogP contribution < -0.4 is 71.9 Å². The molecule has 1 fully saturated rings. The topological polar surface area (TPSA) is 386 Å². The van der Waals surface area contributed by atoms with Crippen molar-refractivity contribution in [1.29, 1.82) is 0 Å². The number of anilines is 15. The van der Waals surface area contributed by atoms with Crippen molar-refractivity contribution >= 4 is 157 Å². The van der Waals surface area contributed by atoms with Gasteiger partial charge in [-0.1, -0.05) is 0 Å². The van der Waals surface area contributed by atoms with Gasteiger partial charge in [0.15, 0.2) is 47.0 Å². The van der Waals surface area contributed by atoms with Crippen molar-refractivity contribution in [2.45, 2.75) is 74.4 Å². The summed E-state index contributed by atoms with van der Waals surface area (Å²) in [5, 5.41) is 16.9. The molecule has 31 nitrogen and oxygen atoms in total. The molecule has 8 N–H and O–H groups in total. The van der Waals surface area contributed by atoms with Crippen LogP contribution in [0.3, 0.4) is 0 Å². The van der Waals surface area contributed by atoms with Gasteiger partial charge in [0.25, 0.3) is 0 Å². The number of amides is 7. The third-order valence-electron chi connectivity index (χ3n) is 14.6. The number of fused-ring (bicyclic) bond motifs is 3. The molecule has 0 aliphatic carbocycles. The van der Waals surface area contributed by atoms with Crippen molar-refractivity contribution < 1.29 is 49.2 Å². The quantitative estimate of drug-likeness (QED) is 0.0499. The summed E-state index contributed by atoms with van der Waals surface area (Å²) in [6, 6.07) is 12.8. The van der Waals surface area contributed by atoms with Gasteiger partial charge in [-0.3, -0.25) is 19.3 Å². The second-order valence-corrected chi connectivity index (χ2v) is 29.1. The monoisotopic (exact) mass is 1340 g/mol. The Morgan fingerprint density at radius 3 is 1.29 bits per heavy atom. The minimum atomic E-state index is -3.57. The van der Waals surface area contributed by atoms with Gasteiger partial charge in [0.1, 0.15) is 17.1 Å². The Hall–Kier alpha value is -9.41. The molecule has 0 saturated carbocycles. The third-order valence-corrected chi connectivity index (χ3v) is 18.1. The summed E-state index contributed by atoms with van der Waals surface area (Å²) in [6.07, 6.45) is 7.98. The summed E-state index contributed by atoms with van der Waals surface area (Å²) in [5.74, 6) is 2.67. The average Bonchev–Trinajstić information content (AvgIpc) is 0.846. The van der Waals surface area contributed by atoms with Crippen LogP contribution in [0.25, 0.3) is 0 Å². The SMILES string of the molecule is CC(C)N1CC(=O)N(C)c2cnc(Nc3cc(N)cc(S(C)(=O)=O)c3)nc21.CC(C)N1CC(=O)N(C)c2cnc(Nc3cc(N4CCNC4=O)cc(S(C)(=O)=O)c3)nc21.CC(C)N1CC(=O)N(C)c2cnc(Nc3cc(NC(=O)NCCCl)cc(S(C)(=O)=O)c3)nc21. The minimum Gasteiger partial charge on any atom is -0.399 e. The molecule has 3 aromatic heterocycles. The van der Waals surface area contributed by atoms with E-state index < -0.39 is 35.5 Å². The van der Waals surface area contributed by atoms with E-state index in [0.29, 0.717) is 76.0 Å². The highest BCUT2D eigenvalue weighted by atomic mass is 35.5. The van der Waals surface area contributed by atoms with E-state index in [9.17, 15) is 49.2 Å². The predicted octanol–water partition coefficient (Wildman–Crippen LogP) is 4.92. The summed E-state index contributed by atoms with van der Waals surface area (Å²) in [7, 11) is -5.46. The first kappa shape index (κ1) is 68.5. The molecule has 1 saturated heterocycles. The van der Waals surface area contributed by atoms with Crippen LogP contribution in [0.15, 0.2) is 87.9 Å². The fraction of sp³-hybridized carbons (Fsp3) is 0.386. The van der Waals surface area contributed by atoms with Crippen molar-refractivity contribution in [3.63, 3.8) is 0 Å². The molecule has 0 bridgehead atoms. The van der Waals surface area contributed by atoms with Crippen molar-refractivity contribution in [3.8, 4) is 0 Å². The zero-order valence-corrected chi connectivity index (χ0v) is 55.8. The van der Waals surface area contributed by atoms with Gasteiger partial charge in [-0.25, -0.2) is 49.8 Å². The van der Waals surface area contributed by atoms with E-state index in [1.807, 2.05) is 56.2 Å². The molecule has 35 heteroatoms. The van der Waals surface area contributed by atoms with Crippen LogP contribution in [0.4, 0.5) is 96.1 Å². The van der Waals surface area contributed by atoms with Crippen molar-refractivity contribution in [2.24, 2.45) is 0 Å². The Morgan fingerprint density at radius 1 is 0.554 bits per heavy atom. The van der Waals surface area contributed by atoms with E-state index >= 15 is 0 Å². The lowest BCUT2D eigenvalue weighted by molar-refractivity contribution is -0.118. The lowest BCUT2D eigenvalue weighted by Gasteiger charge is -2.36. The van der Waals surface area contributed by atoms with Gasteiger partial charge in [0.2, 0.25) is 35.6 Å². The first-order chi connectivity index (χ1) is 43.1. The van der Waals surface area contributed by atoms with E-state index in [1.54, 1.807) is 51.7 Å². The maximum Gasteiger partial charge on any atom is 0.321 e. The number of nitrogens with zero attached hydrogens (tertiary/aromatic N) is 13. The van der Waals surface area contributed by atoms with Crippen LogP contribution in [0.5, 0.6) is 0 Å². The summed E-state index contributed by atoms with van der Waals surface area (Å²) in [4.78, 5) is 99.3. The number of aromatic nitrogens is 6. The lowest BCUT2D eigenvalue weighted by atomic mass is 10.2. The molecule has 7 amide bonds. The van der Waals surface area contributed by atoms with Crippen molar-refractivity contribution in [1.82, 2.24) is 40.5 Å². The number of alkyl halides is 1. The minimum absolute atomic E-state index is 0.00670. The van der Waals surface area contributed by atoms with Crippen LogP contribution >= 0.6 is 11.6 Å². The van der Waals surface area contributed by atoms with Gasteiger partial charge in [0, 0.05) is 118 Å². The molecule has 0 atom stereocenters. The molecule has 4 aliphatic rings. The van der Waals surface area contributed by atoms with Gasteiger partial charge >= 0.3 is 12.1 Å². The number of carbonyl (C=O) groups excluding carboxylic acids is 5. The van der Waals surface area contributed by atoms with E-state index in [0.717, 1.165) is 18.8 Å². The second-order valence-electron chi connectivity index (χ2n) is 22.6. The first-order valence-corrected chi connectivity index (χ1v) is 34.8. The summed E-state index contributed by atoms with van der Waals surface area (Å²) >= 11 is 5.58. The van der Waals surface area contributed by atoms with Crippen LogP contribution in [-0.2, 0) is 43.9 Å². The fourth-order valence-electron chi connectivity index (χ4n) is 9.62. The predicted molar refractivity (Wildman–Crippen MR) is 355 cm³/mol. The van der Waals surface area contributed by atoms with Crippen LogP contribution in [-0.4, -0.2) is 188 Å². The molecule has 3 aromatic carbocycles. The molecule has 4 aliphatic heterocycles. The maximum atomic E-state index is 12.3. The van der Waals surface area contributed by atoms with Crippen LogP contribution in [0, 0.1) is 0 Å². The number of nitrogens with one attached hydrogen (secondary N) is 6. The summed E-state index contributed by atoms with van der Waals surface area (Å²) in [6.45, 7) is 13.6. The Morgan fingerprint density at radius 2 is 0.924 bits per heavy atom. The van der Waals surface area contributed by atoms with E-state index in [-0.39, 0.29) is 112 Å². The number of carbonyl (C=O) groups is 5. The van der Waals surface area contributed by atoms with Gasteiger partial charge in [-0.2, -0.15) is 15.0 Å². The number of sulfone groups is 3. The Kier molecular flexibility index (Phi) is 20.5. The van der Waals surface area contributed by atoms with Gasteiger partial charge in [0.05, 0.1) is 52.9 Å². The molecule has 0 unspecified atom stereocenters. The number of nitrogen functional groups attached to an aromatic ring is 1. The summed E-state index contributed by atoms with van der Waals surface area (Å²) in [5.41, 5.74) is 9.90. The number of urea groups is 2. The molecule has 492 valence electrons. The number of likely N-dealkylation sites (N-methyl/N-ethyl adjacent to an activating group) is 3. The molecular formula is C57H73ClN20O11S3. The highest BCUT2D eigenvalue weighted by Crippen LogP contribution is 2.37. The van der Waals surface area contributed by atoms with E-state index in [1.165, 1.54) is 62.2 Å². The van der Waals surface area contributed by atoms with Gasteiger partial charge in [-0.05, 0) is 96.1 Å². The number of hydrogen-bond donors (Lipinski definition) is 7. The Labute approximate surface area is 538 Å². The Bertz CT molecular complexity index is 4220. The largest absolute Gasteiger partial charge is 0.399 e. The molecule has 0 spiro atoms. The maximum absolute atomic E-state index is 12.3. The highest BCUT2D eigenvalue weighted by molar-refractivity contribution is 7.91. The summed E-state index contributed by atoms with van der Waals surface area (Å²) < 4.78 is 72.4. The molecule has 6 aromatic rings. The highest BCUT2D eigenvalue weighted by Gasteiger charge is 2.34. The number of rotatable bonds is 16. The number of nitrogens with two attached hydrogens (primary N) is 1. The zero-order valence-electron chi connectivity index (χ0n) is 52.6. The normalized spacial score (nSPS) is 14.9. The van der Waals surface area contributed by atoms with E-state index in [4.69, 9.17) is 17.3 Å².